The van der Waals surface area contributed by atoms with Crippen molar-refractivity contribution in [3.8, 4) is 0 Å². The van der Waals surface area contributed by atoms with Crippen LogP contribution in [0.15, 0.2) is 36.4 Å². The Bertz CT molecular complexity index is 1720. The van der Waals surface area contributed by atoms with Gasteiger partial charge in [-0.3, -0.25) is 4.79 Å². The highest BCUT2D eigenvalue weighted by Gasteiger charge is 2.33. The minimum absolute atomic E-state index is 0.0457. The number of aliphatic hydroxyl groups is 1. The minimum Gasteiger partial charge on any atom is -0.376 e. The van der Waals surface area contributed by atoms with Crippen molar-refractivity contribution in [2.24, 2.45) is 0 Å². The molecule has 2 aromatic heterocycles. The summed E-state index contributed by atoms with van der Waals surface area (Å²) in [4.78, 5) is 13.4. The molecule has 0 spiro atoms. The van der Waals surface area contributed by atoms with Gasteiger partial charge in [-0.1, -0.05) is 26.0 Å². The first kappa shape index (κ1) is 25.6. The van der Waals surface area contributed by atoms with Crippen LogP contribution < -0.4 is 5.32 Å². The first-order valence-corrected chi connectivity index (χ1v) is 15.5. The van der Waals surface area contributed by atoms with Crippen molar-refractivity contribution in [1.29, 1.82) is 0 Å². The third kappa shape index (κ3) is 3.76. The van der Waals surface area contributed by atoms with Gasteiger partial charge in [0.05, 0.1) is 27.6 Å². The molecule has 3 heterocycles. The maximum absolute atomic E-state index is 13.4. The molecule has 0 aliphatic carbocycles. The number of methoxy groups -OCH3 is 1. The van der Waals surface area contributed by atoms with Crippen molar-refractivity contribution in [2.75, 3.05) is 18.6 Å². The molecule has 0 fully saturated rings. The predicted octanol–water partition coefficient (Wildman–Crippen LogP) is 6.77. The lowest BCUT2D eigenvalue weighted by Crippen LogP contribution is -2.12. The lowest BCUT2D eigenvalue weighted by molar-refractivity contribution is 0.0676. The number of carbonyl (C=O) groups is 1. The molecule has 1 atom stereocenters. The smallest absolute Gasteiger partial charge is 0.252 e. The van der Waals surface area contributed by atoms with Crippen molar-refractivity contribution >= 4 is 73.0 Å². The standard InChI is InChI=1S/C30H33N3O3S2/c1-5-37-14-18-7-9-23-20(11-18)26-27-22(13-31-30(27)35)25-21-12-19(15-38-6-2)8-10-24(21)33(17(3)36-4)29(25)28(26)32(23)16-34/h7-12,17,34H,5-6,13-16H2,1-4H3,(H,31,35). The van der Waals surface area contributed by atoms with Gasteiger partial charge in [-0.05, 0) is 59.4 Å². The van der Waals surface area contributed by atoms with E-state index in [1.54, 1.807) is 7.11 Å². The maximum atomic E-state index is 13.4. The molecule has 198 valence electrons. The quantitative estimate of drug-likeness (QED) is 0.213. The Morgan fingerprint density at radius 3 is 2.21 bits per heavy atom. The number of rotatable bonds is 9. The molecule has 2 N–H and O–H groups in total. The van der Waals surface area contributed by atoms with Crippen LogP contribution in [0.1, 0.15) is 54.0 Å². The van der Waals surface area contributed by atoms with Crippen LogP contribution in [-0.4, -0.2) is 38.8 Å². The summed E-state index contributed by atoms with van der Waals surface area (Å²) in [5.74, 6) is 3.91. The highest BCUT2D eigenvalue weighted by atomic mass is 32.2. The number of carbonyl (C=O) groups excluding carboxylic acids is 1. The van der Waals surface area contributed by atoms with E-state index in [-0.39, 0.29) is 18.9 Å². The van der Waals surface area contributed by atoms with Gasteiger partial charge in [0.1, 0.15) is 13.0 Å². The number of benzene rings is 3. The molecule has 38 heavy (non-hydrogen) atoms. The molecule has 0 bridgehead atoms. The van der Waals surface area contributed by atoms with Gasteiger partial charge in [-0.25, -0.2) is 0 Å². The van der Waals surface area contributed by atoms with Crippen LogP contribution in [0, 0.1) is 0 Å². The van der Waals surface area contributed by atoms with Crippen molar-refractivity contribution in [1.82, 2.24) is 14.5 Å². The summed E-state index contributed by atoms with van der Waals surface area (Å²) < 4.78 is 10.1. The van der Waals surface area contributed by atoms with Gasteiger partial charge in [0.25, 0.3) is 5.91 Å². The van der Waals surface area contributed by atoms with Gasteiger partial charge >= 0.3 is 0 Å². The van der Waals surface area contributed by atoms with E-state index < -0.39 is 0 Å². The number of hydrogen-bond donors (Lipinski definition) is 2. The van der Waals surface area contributed by atoms with Crippen LogP contribution in [0.5, 0.6) is 0 Å². The first-order chi connectivity index (χ1) is 18.5. The number of nitrogens with zero attached hydrogens (tertiary/aromatic N) is 2. The summed E-state index contributed by atoms with van der Waals surface area (Å²) in [6.45, 7) is 6.70. The third-order valence-corrected chi connectivity index (χ3v) is 9.61. The SMILES string of the molecule is CCSCc1ccc2c(c1)c1c3c(c4c5cc(CSCC)ccc5n(C(C)OC)c4c1n2CO)CNC3=O. The number of fused-ring (bicyclic) bond motifs is 10. The van der Waals surface area contributed by atoms with Gasteiger partial charge in [0.2, 0.25) is 0 Å². The van der Waals surface area contributed by atoms with Gasteiger partial charge in [0.15, 0.2) is 0 Å². The molecular formula is C30H33N3O3S2. The highest BCUT2D eigenvalue weighted by Crippen LogP contribution is 2.46. The summed E-state index contributed by atoms with van der Waals surface area (Å²) in [5.41, 5.74) is 8.16. The van der Waals surface area contributed by atoms with Crippen molar-refractivity contribution in [3.63, 3.8) is 0 Å². The lowest BCUT2D eigenvalue weighted by Gasteiger charge is -2.17. The van der Waals surface area contributed by atoms with E-state index in [9.17, 15) is 9.90 Å². The molecule has 6 rings (SSSR count). The topological polar surface area (TPSA) is 68.4 Å². The van der Waals surface area contributed by atoms with Crippen LogP contribution in [0.4, 0.5) is 0 Å². The van der Waals surface area contributed by atoms with Gasteiger partial charge in [-0.15, -0.1) is 0 Å². The summed E-state index contributed by atoms with van der Waals surface area (Å²) in [6, 6.07) is 13.1. The van der Waals surface area contributed by atoms with E-state index in [1.165, 1.54) is 11.1 Å². The van der Waals surface area contributed by atoms with Crippen LogP contribution in [0.3, 0.4) is 0 Å². The van der Waals surface area contributed by atoms with Crippen LogP contribution in [0.25, 0.3) is 43.6 Å². The number of nitrogens with one attached hydrogen (secondary N) is 1. The number of hydrogen-bond acceptors (Lipinski definition) is 5. The Morgan fingerprint density at radius 1 is 0.974 bits per heavy atom. The normalized spacial score (nSPS) is 14.3. The van der Waals surface area contributed by atoms with Crippen molar-refractivity contribution in [3.05, 3.63) is 58.7 Å². The summed E-state index contributed by atoms with van der Waals surface area (Å²) in [7, 11) is 1.73. The van der Waals surface area contributed by atoms with Crippen molar-refractivity contribution < 1.29 is 14.6 Å². The molecule has 6 nitrogen and oxygen atoms in total. The van der Waals surface area contributed by atoms with Gasteiger partial charge < -0.3 is 24.3 Å². The maximum Gasteiger partial charge on any atom is 0.252 e. The monoisotopic (exact) mass is 547 g/mol. The highest BCUT2D eigenvalue weighted by molar-refractivity contribution is 7.98. The van der Waals surface area contributed by atoms with Crippen LogP contribution in [-0.2, 0) is 29.5 Å². The minimum atomic E-state index is -0.237. The molecule has 0 radical (unpaired) electrons. The van der Waals surface area contributed by atoms with E-state index >= 15 is 0 Å². The number of aromatic nitrogens is 2. The van der Waals surface area contributed by atoms with Crippen molar-refractivity contribution in [2.45, 2.75) is 51.8 Å². The van der Waals surface area contributed by atoms with E-state index in [0.717, 1.165) is 77.8 Å². The number of amides is 1. The number of aliphatic hydroxyl groups excluding tert-OH is 1. The molecule has 0 saturated heterocycles. The zero-order valence-electron chi connectivity index (χ0n) is 22.3. The second kappa shape index (κ2) is 10.2. The molecular weight excluding hydrogens is 514 g/mol. The van der Waals surface area contributed by atoms with E-state index in [4.69, 9.17) is 4.74 Å². The molecule has 0 saturated carbocycles. The van der Waals surface area contributed by atoms with E-state index in [0.29, 0.717) is 6.54 Å². The second-order valence-electron chi connectivity index (χ2n) is 9.74. The van der Waals surface area contributed by atoms with E-state index in [2.05, 4.69) is 60.1 Å². The molecule has 1 aliphatic heterocycles. The lowest BCUT2D eigenvalue weighted by atomic mass is 9.96. The Kier molecular flexibility index (Phi) is 6.84. The zero-order valence-corrected chi connectivity index (χ0v) is 23.9. The Balaban J connectivity index is 1.83. The predicted molar refractivity (Wildman–Crippen MR) is 161 cm³/mol. The molecule has 3 aromatic carbocycles. The molecule has 8 heteroatoms. The average molecular weight is 548 g/mol. The molecule has 1 unspecified atom stereocenters. The summed E-state index contributed by atoms with van der Waals surface area (Å²) >= 11 is 3.78. The summed E-state index contributed by atoms with van der Waals surface area (Å²) in [6.07, 6.45) is -0.237. The van der Waals surface area contributed by atoms with Crippen LogP contribution >= 0.6 is 23.5 Å². The third-order valence-electron chi connectivity index (χ3n) is 7.72. The van der Waals surface area contributed by atoms with E-state index in [1.807, 2.05) is 35.0 Å². The zero-order chi connectivity index (χ0) is 26.6. The second-order valence-corrected chi connectivity index (χ2v) is 12.3. The Hall–Kier alpha value is -2.65. The largest absolute Gasteiger partial charge is 0.376 e. The Morgan fingerprint density at radius 2 is 1.61 bits per heavy atom. The fraction of sp³-hybridized carbons (Fsp3) is 0.367. The molecule has 5 aromatic rings. The first-order valence-electron chi connectivity index (χ1n) is 13.2. The molecule has 1 aliphatic rings. The fourth-order valence-corrected chi connectivity index (χ4v) is 7.25. The van der Waals surface area contributed by atoms with Gasteiger partial charge in [0, 0.05) is 46.7 Å². The average Bonchev–Trinajstić information content (AvgIpc) is 3.58. The number of ether oxygens (including phenoxy) is 1. The number of thioether (sulfide) groups is 2. The Labute approximate surface area is 230 Å². The van der Waals surface area contributed by atoms with Crippen LogP contribution in [0.2, 0.25) is 0 Å². The van der Waals surface area contributed by atoms with Gasteiger partial charge in [-0.2, -0.15) is 23.5 Å². The summed E-state index contributed by atoms with van der Waals surface area (Å²) in [5, 5.41) is 18.0. The molecule has 1 amide bonds. The fourth-order valence-electron chi connectivity index (χ4n) is 6.01.